The number of hydrogen-bond donors (Lipinski definition) is 1. The number of nitrogens with one attached hydrogen (secondary N) is 1. The van der Waals surface area contributed by atoms with Gasteiger partial charge in [0.25, 0.3) is 5.91 Å². The number of halogens is 3. The van der Waals surface area contributed by atoms with E-state index in [9.17, 15) is 14.0 Å². The number of carbonyl (C=O) groups is 2. The number of rotatable bonds is 5. The minimum absolute atomic E-state index is 0.0671. The second-order valence-electron chi connectivity index (χ2n) is 7.01. The van der Waals surface area contributed by atoms with Gasteiger partial charge in [-0.15, -0.1) is 11.8 Å². The van der Waals surface area contributed by atoms with E-state index < -0.39 is 11.7 Å². The first-order chi connectivity index (χ1) is 14.9. The molecule has 0 saturated carbocycles. The van der Waals surface area contributed by atoms with E-state index in [0.717, 1.165) is 11.1 Å². The van der Waals surface area contributed by atoms with E-state index >= 15 is 0 Å². The van der Waals surface area contributed by atoms with Crippen molar-refractivity contribution in [1.29, 1.82) is 0 Å². The highest BCUT2D eigenvalue weighted by Gasteiger charge is 2.32. The molecule has 2 amide bonds. The van der Waals surface area contributed by atoms with Crippen molar-refractivity contribution in [3.8, 4) is 0 Å². The van der Waals surface area contributed by atoms with Crippen LogP contribution < -0.4 is 5.32 Å². The second kappa shape index (κ2) is 9.42. The average molecular weight is 520 g/mol. The topological polar surface area (TPSA) is 49.4 Å². The fraction of sp³-hybridized carbons (Fsp3) is 0.130. The Morgan fingerprint density at radius 1 is 1.13 bits per heavy atom. The lowest BCUT2D eigenvalue weighted by molar-refractivity contribution is -0.128. The molecule has 1 aliphatic heterocycles. The summed E-state index contributed by atoms with van der Waals surface area (Å²) in [6.07, 6.45) is 0. The van der Waals surface area contributed by atoms with Crippen molar-refractivity contribution in [2.75, 3.05) is 11.1 Å². The summed E-state index contributed by atoms with van der Waals surface area (Å²) in [7, 11) is 0. The minimum atomic E-state index is -0.516. The van der Waals surface area contributed by atoms with Crippen LogP contribution in [0.5, 0.6) is 0 Å². The lowest BCUT2D eigenvalue weighted by Gasteiger charge is -2.24. The highest BCUT2D eigenvalue weighted by Crippen LogP contribution is 2.39. The molecular formula is C23H17BrClFN2O2S. The monoisotopic (exact) mass is 518 g/mol. The van der Waals surface area contributed by atoms with E-state index in [1.807, 2.05) is 29.2 Å². The van der Waals surface area contributed by atoms with Crippen LogP contribution in [0.25, 0.3) is 0 Å². The smallest absolute Gasteiger partial charge is 0.255 e. The normalized spacial score (nSPS) is 15.9. The molecule has 31 heavy (non-hydrogen) atoms. The molecule has 158 valence electrons. The fourth-order valence-electron chi connectivity index (χ4n) is 3.27. The summed E-state index contributed by atoms with van der Waals surface area (Å²) >= 11 is 10.7. The summed E-state index contributed by atoms with van der Waals surface area (Å²) in [5.74, 6) is -0.444. The number of amides is 2. The molecule has 1 aliphatic rings. The van der Waals surface area contributed by atoms with Crippen LogP contribution in [0.15, 0.2) is 71.2 Å². The molecule has 0 aliphatic carbocycles. The Morgan fingerprint density at radius 3 is 2.52 bits per heavy atom. The summed E-state index contributed by atoms with van der Waals surface area (Å²) in [6.45, 7) is 0.485. The third-order valence-corrected chi connectivity index (χ3v) is 6.87. The van der Waals surface area contributed by atoms with Crippen molar-refractivity contribution in [3.63, 3.8) is 0 Å². The van der Waals surface area contributed by atoms with E-state index in [2.05, 4.69) is 21.2 Å². The Labute approximate surface area is 196 Å². The number of anilines is 1. The van der Waals surface area contributed by atoms with Gasteiger partial charge in [-0.05, 0) is 53.6 Å². The highest BCUT2D eigenvalue weighted by molar-refractivity contribution is 9.10. The third-order valence-electron chi connectivity index (χ3n) is 4.87. The summed E-state index contributed by atoms with van der Waals surface area (Å²) in [5, 5.41) is 3.10. The first-order valence-electron chi connectivity index (χ1n) is 9.42. The van der Waals surface area contributed by atoms with Gasteiger partial charge in [0.2, 0.25) is 5.91 Å². The number of hydrogen-bond acceptors (Lipinski definition) is 3. The lowest BCUT2D eigenvalue weighted by atomic mass is 10.1. The lowest BCUT2D eigenvalue weighted by Crippen LogP contribution is -2.27. The molecule has 0 aromatic heterocycles. The molecule has 1 heterocycles. The molecule has 1 fully saturated rings. The van der Waals surface area contributed by atoms with E-state index in [0.29, 0.717) is 27.4 Å². The Bertz CT molecular complexity index is 1130. The predicted molar refractivity (Wildman–Crippen MR) is 126 cm³/mol. The van der Waals surface area contributed by atoms with E-state index in [-0.39, 0.29) is 17.0 Å². The largest absolute Gasteiger partial charge is 0.322 e. The van der Waals surface area contributed by atoms with Gasteiger partial charge in [-0.25, -0.2) is 4.39 Å². The maximum absolute atomic E-state index is 14.0. The quantitative estimate of drug-likeness (QED) is 0.432. The summed E-state index contributed by atoms with van der Waals surface area (Å²) < 4.78 is 14.6. The van der Waals surface area contributed by atoms with E-state index in [1.165, 1.54) is 12.1 Å². The predicted octanol–water partition coefficient (Wildman–Crippen LogP) is 6.27. The first kappa shape index (κ1) is 21.9. The van der Waals surface area contributed by atoms with Crippen LogP contribution in [0.1, 0.15) is 26.9 Å². The second-order valence-corrected chi connectivity index (χ2v) is 9.43. The van der Waals surface area contributed by atoms with Crippen LogP contribution in [0.3, 0.4) is 0 Å². The van der Waals surface area contributed by atoms with E-state index in [1.54, 1.807) is 42.1 Å². The Hall–Kier alpha value is -2.35. The molecule has 0 unspecified atom stereocenters. The first-order valence-corrected chi connectivity index (χ1v) is 11.6. The average Bonchev–Trinajstić information content (AvgIpc) is 3.12. The van der Waals surface area contributed by atoms with Crippen molar-refractivity contribution in [2.24, 2.45) is 0 Å². The summed E-state index contributed by atoms with van der Waals surface area (Å²) in [6, 6.07) is 18.9. The number of benzene rings is 3. The van der Waals surface area contributed by atoms with Gasteiger partial charge in [-0.3, -0.25) is 9.59 Å². The zero-order valence-corrected chi connectivity index (χ0v) is 19.3. The molecule has 3 aromatic carbocycles. The minimum Gasteiger partial charge on any atom is -0.322 e. The van der Waals surface area contributed by atoms with Crippen LogP contribution in [-0.4, -0.2) is 22.5 Å². The molecule has 0 spiro atoms. The Kier molecular flexibility index (Phi) is 6.65. The van der Waals surface area contributed by atoms with Crippen molar-refractivity contribution in [3.05, 3.63) is 98.7 Å². The summed E-state index contributed by atoms with van der Waals surface area (Å²) in [5.41, 5.74) is 2.45. The highest BCUT2D eigenvalue weighted by atomic mass is 79.9. The summed E-state index contributed by atoms with van der Waals surface area (Å²) in [4.78, 5) is 26.8. The zero-order chi connectivity index (χ0) is 22.0. The SMILES string of the molecule is O=C(Nc1ccc(Br)cc1F)c1ccc([C@@H]2SCC(=O)N2Cc2ccc(Cl)cc2)cc1. The molecular weight excluding hydrogens is 503 g/mol. The molecule has 4 nitrogen and oxygen atoms in total. The molecule has 4 rings (SSSR count). The standard InChI is InChI=1S/C23H17BrClFN2O2S/c24-17-7-10-20(19(26)11-17)27-22(30)15-3-5-16(6-4-15)23-28(21(29)13-31-23)12-14-1-8-18(25)9-2-14/h1-11,23H,12-13H2,(H,27,30)/t23-/m0/s1. The van der Waals surface area contributed by atoms with Crippen LogP contribution in [0, 0.1) is 5.82 Å². The number of thioether (sulfide) groups is 1. The molecule has 1 saturated heterocycles. The number of nitrogens with zero attached hydrogens (tertiary/aromatic N) is 1. The molecule has 1 N–H and O–H groups in total. The molecule has 8 heteroatoms. The van der Waals surface area contributed by atoms with Gasteiger partial charge < -0.3 is 10.2 Å². The van der Waals surface area contributed by atoms with Crippen molar-refractivity contribution >= 4 is 56.8 Å². The Morgan fingerprint density at radius 2 is 1.84 bits per heavy atom. The van der Waals surface area contributed by atoms with Crippen LogP contribution in [0.2, 0.25) is 5.02 Å². The molecule has 0 radical (unpaired) electrons. The maximum atomic E-state index is 14.0. The van der Waals surface area contributed by atoms with Gasteiger partial charge in [0.1, 0.15) is 11.2 Å². The van der Waals surface area contributed by atoms with Gasteiger partial charge in [-0.1, -0.05) is 51.8 Å². The number of carbonyl (C=O) groups excluding carboxylic acids is 2. The fourth-order valence-corrected chi connectivity index (χ4v) is 4.92. The van der Waals surface area contributed by atoms with Crippen LogP contribution in [0.4, 0.5) is 10.1 Å². The van der Waals surface area contributed by atoms with Gasteiger partial charge >= 0.3 is 0 Å². The van der Waals surface area contributed by atoms with Crippen molar-refractivity contribution in [2.45, 2.75) is 11.9 Å². The Balaban J connectivity index is 1.48. The van der Waals surface area contributed by atoms with Gasteiger partial charge in [0, 0.05) is 21.6 Å². The zero-order valence-electron chi connectivity index (χ0n) is 16.1. The van der Waals surface area contributed by atoms with Crippen LogP contribution >= 0.6 is 39.3 Å². The van der Waals surface area contributed by atoms with Gasteiger partial charge in [0.05, 0.1) is 11.4 Å². The third kappa shape index (κ3) is 5.11. The van der Waals surface area contributed by atoms with Crippen molar-refractivity contribution in [1.82, 2.24) is 4.90 Å². The van der Waals surface area contributed by atoms with Gasteiger partial charge in [-0.2, -0.15) is 0 Å². The molecule has 1 atom stereocenters. The van der Waals surface area contributed by atoms with Crippen molar-refractivity contribution < 1.29 is 14.0 Å². The van der Waals surface area contributed by atoms with Crippen LogP contribution in [-0.2, 0) is 11.3 Å². The van der Waals surface area contributed by atoms with Gasteiger partial charge in [0.15, 0.2) is 0 Å². The molecule has 0 bridgehead atoms. The molecule has 3 aromatic rings. The van der Waals surface area contributed by atoms with E-state index in [4.69, 9.17) is 11.6 Å². The maximum Gasteiger partial charge on any atom is 0.255 e.